The fraction of sp³-hybridized carbons (Fsp3) is 0.556. The zero-order valence-corrected chi connectivity index (χ0v) is 10.0. The summed E-state index contributed by atoms with van der Waals surface area (Å²) >= 11 is 0. The fourth-order valence-corrected chi connectivity index (χ4v) is 1.08. The number of nitro groups is 1. The van der Waals surface area contributed by atoms with Crippen molar-refractivity contribution in [3.8, 4) is 0 Å². The first-order valence-electron chi connectivity index (χ1n) is 5.16. The maximum Gasteiger partial charge on any atom is 0.329 e. The van der Waals surface area contributed by atoms with E-state index in [1.807, 2.05) is 20.8 Å². The number of nitrogens with zero attached hydrogens (tertiary/aromatic N) is 3. The first kappa shape index (κ1) is 13.1. The van der Waals surface area contributed by atoms with Gasteiger partial charge in [0.15, 0.2) is 0 Å². The Hall–Kier alpha value is -1.96. The van der Waals surface area contributed by atoms with Crippen LogP contribution in [0.5, 0.6) is 0 Å². The highest BCUT2D eigenvalue weighted by atomic mass is 16.6. The van der Waals surface area contributed by atoms with Crippen LogP contribution in [0.1, 0.15) is 27.2 Å². The number of nitrogen functional groups attached to an aromatic ring is 1. The predicted molar refractivity (Wildman–Crippen MR) is 64.5 cm³/mol. The summed E-state index contributed by atoms with van der Waals surface area (Å²) in [5.41, 5.74) is 1.78. The van der Waals surface area contributed by atoms with Crippen molar-refractivity contribution in [2.75, 3.05) is 10.7 Å². The Balaban J connectivity index is 3.13. The van der Waals surface area contributed by atoms with Crippen molar-refractivity contribution in [3.63, 3.8) is 0 Å². The first-order chi connectivity index (χ1) is 7.89. The van der Waals surface area contributed by atoms with Crippen LogP contribution in [0.15, 0.2) is 6.20 Å². The molecule has 4 N–H and O–H groups in total. The van der Waals surface area contributed by atoms with Gasteiger partial charge in [0, 0.05) is 5.54 Å². The molecule has 1 heterocycles. The van der Waals surface area contributed by atoms with E-state index in [2.05, 4.69) is 20.7 Å². The minimum atomic E-state index is -0.533. The Kier molecular flexibility index (Phi) is 3.79. The highest BCUT2D eigenvalue weighted by molar-refractivity contribution is 5.57. The lowest BCUT2D eigenvalue weighted by Crippen LogP contribution is -2.30. The number of nitrogens with two attached hydrogens (primary N) is 1. The average Bonchev–Trinajstić information content (AvgIpc) is 2.28. The summed E-state index contributed by atoms with van der Waals surface area (Å²) in [5.74, 6) is 5.46. The number of hydrazine groups is 1. The molecule has 0 atom stereocenters. The molecule has 0 aliphatic rings. The van der Waals surface area contributed by atoms with Crippen LogP contribution < -0.4 is 16.6 Å². The highest BCUT2D eigenvalue weighted by Crippen LogP contribution is 2.25. The molecule has 94 valence electrons. The SMILES string of the molecule is CCC(C)(C)Nc1nc(NN)ncc1[N+](=O)[O-]. The van der Waals surface area contributed by atoms with Crippen molar-refractivity contribution in [1.82, 2.24) is 9.97 Å². The van der Waals surface area contributed by atoms with Crippen LogP contribution in [0.3, 0.4) is 0 Å². The zero-order chi connectivity index (χ0) is 13.1. The van der Waals surface area contributed by atoms with Gasteiger partial charge in [0.25, 0.3) is 0 Å². The van der Waals surface area contributed by atoms with Gasteiger partial charge in [0.05, 0.1) is 4.92 Å². The van der Waals surface area contributed by atoms with Crippen molar-refractivity contribution in [2.24, 2.45) is 5.84 Å². The summed E-state index contributed by atoms with van der Waals surface area (Å²) in [4.78, 5) is 17.9. The lowest BCUT2D eigenvalue weighted by molar-refractivity contribution is -0.384. The summed E-state index contributed by atoms with van der Waals surface area (Å²) in [6.07, 6.45) is 1.91. The third-order valence-corrected chi connectivity index (χ3v) is 2.44. The molecular weight excluding hydrogens is 224 g/mol. The van der Waals surface area contributed by atoms with Gasteiger partial charge in [-0.3, -0.25) is 15.5 Å². The van der Waals surface area contributed by atoms with E-state index >= 15 is 0 Å². The summed E-state index contributed by atoms with van der Waals surface area (Å²) < 4.78 is 0. The molecule has 0 aliphatic carbocycles. The van der Waals surface area contributed by atoms with Crippen LogP contribution in [0, 0.1) is 10.1 Å². The molecule has 0 saturated heterocycles. The van der Waals surface area contributed by atoms with Crippen molar-refractivity contribution in [2.45, 2.75) is 32.7 Å². The molecule has 17 heavy (non-hydrogen) atoms. The summed E-state index contributed by atoms with van der Waals surface area (Å²) in [6.45, 7) is 5.82. The molecule has 8 nitrogen and oxygen atoms in total. The number of hydrogen-bond acceptors (Lipinski definition) is 7. The second-order valence-electron chi connectivity index (χ2n) is 4.19. The number of nitrogens with one attached hydrogen (secondary N) is 2. The summed E-state index contributed by atoms with van der Waals surface area (Å²) in [7, 11) is 0. The van der Waals surface area contributed by atoms with Crippen molar-refractivity contribution >= 4 is 17.5 Å². The smallest absolute Gasteiger partial charge is 0.329 e. The fourth-order valence-electron chi connectivity index (χ4n) is 1.08. The molecule has 1 rings (SSSR count). The molecule has 0 fully saturated rings. The van der Waals surface area contributed by atoms with E-state index in [1.165, 1.54) is 0 Å². The Bertz CT molecular complexity index is 420. The maximum absolute atomic E-state index is 10.8. The summed E-state index contributed by atoms with van der Waals surface area (Å²) in [6, 6.07) is 0. The predicted octanol–water partition coefficient (Wildman–Crippen LogP) is 1.27. The third kappa shape index (κ3) is 3.25. The zero-order valence-electron chi connectivity index (χ0n) is 10.0. The monoisotopic (exact) mass is 240 g/mol. The molecule has 0 aromatic carbocycles. The highest BCUT2D eigenvalue weighted by Gasteiger charge is 2.23. The largest absolute Gasteiger partial charge is 0.359 e. The van der Waals surface area contributed by atoms with Gasteiger partial charge in [-0.2, -0.15) is 4.98 Å². The molecule has 1 aromatic heterocycles. The van der Waals surface area contributed by atoms with Crippen LogP contribution in [0.25, 0.3) is 0 Å². The molecule has 0 amide bonds. The van der Waals surface area contributed by atoms with Gasteiger partial charge in [0.1, 0.15) is 6.20 Å². The van der Waals surface area contributed by atoms with Gasteiger partial charge < -0.3 is 5.32 Å². The van der Waals surface area contributed by atoms with Crippen LogP contribution in [-0.2, 0) is 0 Å². The van der Waals surface area contributed by atoms with Gasteiger partial charge >= 0.3 is 5.69 Å². The first-order valence-corrected chi connectivity index (χ1v) is 5.16. The maximum atomic E-state index is 10.8. The molecule has 0 unspecified atom stereocenters. The van der Waals surface area contributed by atoms with E-state index in [0.717, 1.165) is 12.6 Å². The molecule has 0 radical (unpaired) electrons. The number of anilines is 2. The standard InChI is InChI=1S/C9H16N6O2/c1-4-9(2,3)13-7-6(15(16)17)5-11-8(12-7)14-10/h5H,4,10H2,1-3H3,(H2,11,12,13,14). The van der Waals surface area contributed by atoms with Crippen LogP contribution in [0.4, 0.5) is 17.5 Å². The number of rotatable bonds is 5. The van der Waals surface area contributed by atoms with Crippen LogP contribution in [0.2, 0.25) is 0 Å². The Morgan fingerprint density at radius 2 is 2.24 bits per heavy atom. The Morgan fingerprint density at radius 1 is 1.59 bits per heavy atom. The third-order valence-electron chi connectivity index (χ3n) is 2.44. The average molecular weight is 240 g/mol. The molecule has 0 aliphatic heterocycles. The Labute approximate surface area is 98.8 Å². The van der Waals surface area contributed by atoms with Gasteiger partial charge in [-0.15, -0.1) is 0 Å². The van der Waals surface area contributed by atoms with Crippen molar-refractivity contribution in [3.05, 3.63) is 16.3 Å². The van der Waals surface area contributed by atoms with E-state index < -0.39 is 4.92 Å². The minimum absolute atomic E-state index is 0.130. The van der Waals surface area contributed by atoms with Crippen molar-refractivity contribution < 1.29 is 4.92 Å². The second kappa shape index (κ2) is 4.91. The van der Waals surface area contributed by atoms with E-state index in [-0.39, 0.29) is 23.0 Å². The molecule has 0 spiro atoms. The molecule has 0 saturated carbocycles. The van der Waals surface area contributed by atoms with E-state index in [0.29, 0.717) is 0 Å². The van der Waals surface area contributed by atoms with Gasteiger partial charge in [0.2, 0.25) is 11.8 Å². The van der Waals surface area contributed by atoms with Gasteiger partial charge in [-0.05, 0) is 20.3 Å². The van der Waals surface area contributed by atoms with Gasteiger partial charge in [-0.1, -0.05) is 6.92 Å². The van der Waals surface area contributed by atoms with E-state index in [9.17, 15) is 10.1 Å². The normalized spacial score (nSPS) is 11.1. The topological polar surface area (TPSA) is 119 Å². The minimum Gasteiger partial charge on any atom is -0.359 e. The van der Waals surface area contributed by atoms with Gasteiger partial charge in [-0.25, -0.2) is 10.8 Å². The Morgan fingerprint density at radius 3 is 2.71 bits per heavy atom. The quantitative estimate of drug-likeness (QED) is 0.402. The molecular formula is C9H16N6O2. The molecule has 8 heteroatoms. The van der Waals surface area contributed by atoms with Crippen molar-refractivity contribution in [1.29, 1.82) is 0 Å². The molecule has 1 aromatic rings. The number of aromatic nitrogens is 2. The summed E-state index contributed by atoms with van der Waals surface area (Å²) in [5, 5.41) is 13.8. The van der Waals surface area contributed by atoms with E-state index in [4.69, 9.17) is 5.84 Å². The lowest BCUT2D eigenvalue weighted by atomic mass is 10.0. The molecule has 0 bridgehead atoms. The number of hydrogen-bond donors (Lipinski definition) is 3. The van der Waals surface area contributed by atoms with E-state index in [1.54, 1.807) is 0 Å². The van der Waals surface area contributed by atoms with Crippen LogP contribution in [-0.4, -0.2) is 20.4 Å². The lowest BCUT2D eigenvalue weighted by Gasteiger charge is -2.24. The van der Waals surface area contributed by atoms with Crippen LogP contribution >= 0.6 is 0 Å². The second-order valence-corrected chi connectivity index (χ2v) is 4.19.